The second-order valence-electron chi connectivity index (χ2n) is 4.25. The minimum Gasteiger partial charge on any atom is -0.397 e. The van der Waals surface area contributed by atoms with Crippen LogP contribution in [-0.2, 0) is 6.54 Å². The van der Waals surface area contributed by atoms with E-state index in [0.717, 1.165) is 18.8 Å². The van der Waals surface area contributed by atoms with Crippen molar-refractivity contribution in [2.45, 2.75) is 20.4 Å². The molecule has 2 nitrogen and oxygen atoms in total. The Kier molecular flexibility index (Phi) is 3.87. The molecule has 2 aromatic rings. The van der Waals surface area contributed by atoms with Crippen LogP contribution >= 0.6 is 11.3 Å². The molecule has 0 fully saturated rings. The molecule has 2 N–H and O–H groups in total. The van der Waals surface area contributed by atoms with Crippen molar-refractivity contribution in [2.24, 2.45) is 0 Å². The van der Waals surface area contributed by atoms with Crippen LogP contribution in [0.4, 0.5) is 15.8 Å². The van der Waals surface area contributed by atoms with Crippen LogP contribution in [0.25, 0.3) is 0 Å². The van der Waals surface area contributed by atoms with Crippen LogP contribution in [0.2, 0.25) is 0 Å². The fraction of sp³-hybridized carbons (Fsp3) is 0.286. The van der Waals surface area contributed by atoms with Crippen LogP contribution in [-0.4, -0.2) is 6.54 Å². The number of benzene rings is 1. The number of anilines is 2. The minimum atomic E-state index is -0.247. The largest absolute Gasteiger partial charge is 0.397 e. The highest BCUT2D eigenvalue weighted by Crippen LogP contribution is 2.28. The van der Waals surface area contributed by atoms with E-state index < -0.39 is 0 Å². The number of rotatable bonds is 4. The van der Waals surface area contributed by atoms with E-state index in [0.29, 0.717) is 11.3 Å². The van der Waals surface area contributed by atoms with Gasteiger partial charge in [-0.05, 0) is 43.0 Å². The van der Waals surface area contributed by atoms with Gasteiger partial charge in [0.25, 0.3) is 0 Å². The van der Waals surface area contributed by atoms with E-state index in [1.54, 1.807) is 18.3 Å². The Bertz CT molecular complexity index is 523. The Balaban J connectivity index is 2.30. The van der Waals surface area contributed by atoms with E-state index in [4.69, 9.17) is 5.73 Å². The molecule has 0 atom stereocenters. The molecule has 2 rings (SSSR count). The van der Waals surface area contributed by atoms with Crippen LogP contribution in [0.15, 0.2) is 29.6 Å². The molecule has 1 heterocycles. The second kappa shape index (κ2) is 5.40. The third-order valence-electron chi connectivity index (χ3n) is 2.96. The molecule has 0 aliphatic carbocycles. The first-order chi connectivity index (χ1) is 8.61. The summed E-state index contributed by atoms with van der Waals surface area (Å²) in [5, 5.41) is 2.06. The molecule has 0 spiro atoms. The molecular formula is C14H17FN2S. The number of nitrogens with zero attached hydrogens (tertiary/aromatic N) is 1. The van der Waals surface area contributed by atoms with E-state index in [-0.39, 0.29) is 5.82 Å². The zero-order chi connectivity index (χ0) is 13.1. The van der Waals surface area contributed by atoms with Gasteiger partial charge in [0, 0.05) is 11.4 Å². The van der Waals surface area contributed by atoms with E-state index in [1.165, 1.54) is 10.9 Å². The normalized spacial score (nSPS) is 10.6. The summed E-state index contributed by atoms with van der Waals surface area (Å²) in [5.74, 6) is -0.247. The third kappa shape index (κ3) is 2.64. The van der Waals surface area contributed by atoms with Gasteiger partial charge in [-0.2, -0.15) is 0 Å². The van der Waals surface area contributed by atoms with Crippen LogP contribution in [0, 0.1) is 12.7 Å². The maximum atomic E-state index is 13.4. The number of nitrogens with two attached hydrogens (primary N) is 1. The van der Waals surface area contributed by atoms with Crippen LogP contribution in [0.5, 0.6) is 0 Å². The van der Waals surface area contributed by atoms with Crippen molar-refractivity contribution in [3.05, 3.63) is 45.9 Å². The highest BCUT2D eigenvalue weighted by molar-refractivity contribution is 7.09. The molecule has 0 bridgehead atoms. The Morgan fingerprint density at radius 2 is 2.17 bits per heavy atom. The Labute approximate surface area is 111 Å². The number of nitrogen functional groups attached to an aromatic ring is 1. The van der Waals surface area contributed by atoms with E-state index >= 15 is 0 Å². The maximum Gasteiger partial charge on any atom is 0.128 e. The molecule has 1 aromatic heterocycles. The highest BCUT2D eigenvalue weighted by Gasteiger charge is 2.12. The van der Waals surface area contributed by atoms with Gasteiger partial charge in [-0.1, -0.05) is 6.07 Å². The van der Waals surface area contributed by atoms with Gasteiger partial charge in [0.15, 0.2) is 0 Å². The number of aryl methyl sites for hydroxylation is 1. The lowest BCUT2D eigenvalue weighted by molar-refractivity contribution is 0.619. The number of thiophene rings is 1. The first-order valence-electron chi connectivity index (χ1n) is 5.94. The average Bonchev–Trinajstić information content (AvgIpc) is 2.84. The molecular weight excluding hydrogens is 247 g/mol. The van der Waals surface area contributed by atoms with Gasteiger partial charge in [0.05, 0.1) is 17.9 Å². The fourth-order valence-electron chi connectivity index (χ4n) is 1.91. The summed E-state index contributed by atoms with van der Waals surface area (Å²) in [7, 11) is 0. The van der Waals surface area contributed by atoms with Crippen molar-refractivity contribution < 1.29 is 4.39 Å². The molecule has 0 amide bonds. The zero-order valence-corrected chi connectivity index (χ0v) is 11.4. The van der Waals surface area contributed by atoms with Crippen molar-refractivity contribution in [1.29, 1.82) is 0 Å². The third-order valence-corrected chi connectivity index (χ3v) is 3.82. The highest BCUT2D eigenvalue weighted by atomic mass is 32.1. The molecule has 1 aromatic carbocycles. The monoisotopic (exact) mass is 264 g/mol. The summed E-state index contributed by atoms with van der Waals surface area (Å²) < 4.78 is 13.4. The second-order valence-corrected chi connectivity index (χ2v) is 5.29. The van der Waals surface area contributed by atoms with Crippen molar-refractivity contribution in [1.82, 2.24) is 0 Å². The molecule has 4 heteroatoms. The predicted octanol–water partition coefficient (Wildman–Crippen LogP) is 3.80. The van der Waals surface area contributed by atoms with Gasteiger partial charge >= 0.3 is 0 Å². The maximum absolute atomic E-state index is 13.4. The van der Waals surface area contributed by atoms with Crippen molar-refractivity contribution in [3.63, 3.8) is 0 Å². The standard InChI is InChI=1S/C14H17FN2S/c1-3-17(9-11-5-4-6-18-11)14-7-10(2)12(15)8-13(14)16/h4-8H,3,9,16H2,1-2H3. The molecule has 0 aliphatic heterocycles. The smallest absolute Gasteiger partial charge is 0.128 e. The van der Waals surface area contributed by atoms with Crippen LogP contribution in [0.3, 0.4) is 0 Å². The Morgan fingerprint density at radius 1 is 1.39 bits per heavy atom. The average molecular weight is 264 g/mol. The SMILES string of the molecule is CCN(Cc1cccs1)c1cc(C)c(F)cc1N. The van der Waals surface area contributed by atoms with Crippen LogP contribution in [0.1, 0.15) is 17.4 Å². The van der Waals surface area contributed by atoms with Crippen molar-refractivity contribution in [2.75, 3.05) is 17.2 Å². The predicted molar refractivity (Wildman–Crippen MR) is 76.6 cm³/mol. The van der Waals surface area contributed by atoms with E-state index in [1.807, 2.05) is 12.1 Å². The Morgan fingerprint density at radius 3 is 2.78 bits per heavy atom. The lowest BCUT2D eigenvalue weighted by Gasteiger charge is -2.24. The lowest BCUT2D eigenvalue weighted by Crippen LogP contribution is -2.22. The van der Waals surface area contributed by atoms with Gasteiger partial charge in [-0.15, -0.1) is 11.3 Å². The first kappa shape index (κ1) is 12.9. The topological polar surface area (TPSA) is 29.3 Å². The van der Waals surface area contributed by atoms with E-state index in [2.05, 4.69) is 23.3 Å². The molecule has 96 valence electrons. The number of hydrogen-bond acceptors (Lipinski definition) is 3. The summed E-state index contributed by atoms with van der Waals surface area (Å²) in [5.41, 5.74) is 7.95. The van der Waals surface area contributed by atoms with Gasteiger partial charge in [-0.25, -0.2) is 4.39 Å². The lowest BCUT2D eigenvalue weighted by atomic mass is 10.1. The van der Waals surface area contributed by atoms with Crippen molar-refractivity contribution in [3.8, 4) is 0 Å². The summed E-state index contributed by atoms with van der Waals surface area (Å²) in [6, 6.07) is 7.36. The summed E-state index contributed by atoms with van der Waals surface area (Å²) in [6.07, 6.45) is 0. The quantitative estimate of drug-likeness (QED) is 0.851. The molecule has 18 heavy (non-hydrogen) atoms. The number of halogens is 1. The molecule has 0 saturated carbocycles. The summed E-state index contributed by atoms with van der Waals surface area (Å²) >= 11 is 1.72. The van der Waals surface area contributed by atoms with Crippen LogP contribution < -0.4 is 10.6 Å². The first-order valence-corrected chi connectivity index (χ1v) is 6.82. The zero-order valence-electron chi connectivity index (χ0n) is 10.6. The van der Waals surface area contributed by atoms with Gasteiger partial charge in [0.2, 0.25) is 0 Å². The van der Waals surface area contributed by atoms with E-state index in [9.17, 15) is 4.39 Å². The van der Waals surface area contributed by atoms with Gasteiger partial charge < -0.3 is 10.6 Å². The molecule has 0 aliphatic rings. The van der Waals surface area contributed by atoms with Gasteiger partial charge in [-0.3, -0.25) is 0 Å². The summed E-state index contributed by atoms with van der Waals surface area (Å²) in [6.45, 7) is 5.49. The Hall–Kier alpha value is -1.55. The molecule has 0 unspecified atom stereocenters. The molecule has 0 saturated heterocycles. The summed E-state index contributed by atoms with van der Waals surface area (Å²) in [4.78, 5) is 3.44. The van der Waals surface area contributed by atoms with Gasteiger partial charge in [0.1, 0.15) is 5.82 Å². The fourth-order valence-corrected chi connectivity index (χ4v) is 2.63. The minimum absolute atomic E-state index is 0.247. The number of hydrogen-bond donors (Lipinski definition) is 1. The van der Waals surface area contributed by atoms with Crippen molar-refractivity contribution >= 4 is 22.7 Å². The molecule has 0 radical (unpaired) electrons.